The molecule has 0 unspecified atom stereocenters. The number of rotatable bonds is 49. The topological polar surface area (TPSA) is 78.9 Å². The summed E-state index contributed by atoms with van der Waals surface area (Å²) in [5, 5.41) is 0. The van der Waals surface area contributed by atoms with Crippen LogP contribution in [0.2, 0.25) is 0 Å². The van der Waals surface area contributed by atoms with Crippen LogP contribution in [0, 0.1) is 0 Å². The summed E-state index contributed by atoms with van der Waals surface area (Å²) >= 11 is 0. The number of carbonyl (C=O) groups is 3. The molecular formula is C63H102O6. The first-order valence-electron chi connectivity index (χ1n) is 28.0. The van der Waals surface area contributed by atoms with E-state index < -0.39 is 6.10 Å². The molecule has 0 aromatic rings. The third-order valence-corrected chi connectivity index (χ3v) is 11.4. The van der Waals surface area contributed by atoms with Gasteiger partial charge >= 0.3 is 17.9 Å². The molecule has 0 aliphatic heterocycles. The highest BCUT2D eigenvalue weighted by Gasteiger charge is 2.19. The lowest BCUT2D eigenvalue weighted by Crippen LogP contribution is -2.30. The van der Waals surface area contributed by atoms with Crippen molar-refractivity contribution >= 4 is 17.9 Å². The van der Waals surface area contributed by atoms with Crippen LogP contribution in [0.5, 0.6) is 0 Å². The van der Waals surface area contributed by atoms with Crippen molar-refractivity contribution in [2.24, 2.45) is 0 Å². The molecule has 69 heavy (non-hydrogen) atoms. The highest BCUT2D eigenvalue weighted by molar-refractivity contribution is 5.71. The van der Waals surface area contributed by atoms with Crippen LogP contribution in [-0.2, 0) is 28.6 Å². The Labute approximate surface area is 424 Å². The van der Waals surface area contributed by atoms with E-state index in [2.05, 4.69) is 142 Å². The van der Waals surface area contributed by atoms with E-state index in [1.165, 1.54) is 96.3 Å². The van der Waals surface area contributed by atoms with Gasteiger partial charge in [0.05, 0.1) is 0 Å². The van der Waals surface area contributed by atoms with E-state index in [1.807, 2.05) is 0 Å². The summed E-state index contributed by atoms with van der Waals surface area (Å²) in [5.74, 6) is -1.06. The van der Waals surface area contributed by atoms with Crippen molar-refractivity contribution in [3.63, 3.8) is 0 Å². The van der Waals surface area contributed by atoms with Crippen LogP contribution in [0.3, 0.4) is 0 Å². The second-order valence-corrected chi connectivity index (χ2v) is 18.1. The molecule has 6 nitrogen and oxygen atoms in total. The summed E-state index contributed by atoms with van der Waals surface area (Å²) in [6.07, 6.45) is 77.6. The van der Waals surface area contributed by atoms with E-state index in [1.54, 1.807) is 0 Å². The molecule has 6 heteroatoms. The second-order valence-electron chi connectivity index (χ2n) is 18.1. The standard InChI is InChI=1S/C63H102O6/c1-4-7-10-13-16-19-22-25-28-31-34-37-40-43-46-49-52-55-61(64)67-58-60(69-63(66)57-54-51-48-45-42-39-36-33-30-27-24-21-18-15-12-9-6-3)59-68-62(65)56-53-50-47-44-41-38-35-32-29-26-23-20-17-14-11-8-5-2/h16,18-19,21,25-30,34-39,44-45,47-48,60H,4-15,17,20,22-24,31-33,40-43,46,49-59H2,1-3H3/b19-16-,21-18-,28-25-,29-26-,30-27-,37-34-,38-35-,39-36-,47-44-,48-45-/t60-/m1/s1. The molecule has 0 aromatic heterocycles. The molecule has 390 valence electrons. The van der Waals surface area contributed by atoms with Crippen molar-refractivity contribution in [3.05, 3.63) is 122 Å². The zero-order valence-corrected chi connectivity index (χ0v) is 44.5. The minimum atomic E-state index is -0.840. The monoisotopic (exact) mass is 955 g/mol. The van der Waals surface area contributed by atoms with Gasteiger partial charge in [-0.05, 0) is 128 Å². The lowest BCUT2D eigenvalue weighted by molar-refractivity contribution is -0.167. The van der Waals surface area contributed by atoms with E-state index in [9.17, 15) is 14.4 Å². The maximum absolute atomic E-state index is 12.8. The minimum absolute atomic E-state index is 0.130. The molecule has 0 saturated carbocycles. The SMILES string of the molecule is CCCCC/C=C\C/C=C\C/C=C\C/C=C\CCCC(=O)O[C@@H](COC(=O)CCC/C=C\C/C=C\C/C=C\CCCCCCCC)COC(=O)CCCCCC/C=C\C/C=C\C/C=C\CCCCC. The highest BCUT2D eigenvalue weighted by atomic mass is 16.6. The molecule has 0 aromatic carbocycles. The van der Waals surface area contributed by atoms with E-state index in [0.29, 0.717) is 19.3 Å². The fraction of sp³-hybridized carbons (Fsp3) is 0.635. The molecule has 0 saturated heterocycles. The van der Waals surface area contributed by atoms with Gasteiger partial charge in [0.15, 0.2) is 6.10 Å². The Kier molecular flexibility index (Phi) is 53.0. The van der Waals surface area contributed by atoms with Gasteiger partial charge in [0.2, 0.25) is 0 Å². The zero-order chi connectivity index (χ0) is 50.0. The maximum Gasteiger partial charge on any atom is 0.306 e. The number of hydrogen-bond acceptors (Lipinski definition) is 6. The molecular weight excluding hydrogens is 853 g/mol. The third kappa shape index (κ3) is 54.6. The van der Waals surface area contributed by atoms with E-state index in [0.717, 1.165) is 89.9 Å². The molecule has 0 aliphatic carbocycles. The number of ether oxygens (including phenoxy) is 3. The first-order chi connectivity index (χ1) is 34.0. The second kappa shape index (κ2) is 56.4. The molecule has 0 radical (unpaired) electrons. The van der Waals surface area contributed by atoms with Gasteiger partial charge in [-0.2, -0.15) is 0 Å². The van der Waals surface area contributed by atoms with Gasteiger partial charge in [0.25, 0.3) is 0 Å². The predicted molar refractivity (Wildman–Crippen MR) is 297 cm³/mol. The van der Waals surface area contributed by atoms with Crippen molar-refractivity contribution in [1.29, 1.82) is 0 Å². The van der Waals surface area contributed by atoms with Crippen molar-refractivity contribution in [1.82, 2.24) is 0 Å². The fourth-order valence-corrected chi connectivity index (χ4v) is 7.16. The minimum Gasteiger partial charge on any atom is -0.462 e. The third-order valence-electron chi connectivity index (χ3n) is 11.4. The van der Waals surface area contributed by atoms with Crippen LogP contribution in [0.1, 0.15) is 239 Å². The molecule has 0 amide bonds. The normalized spacial score (nSPS) is 13.0. The Morgan fingerprint density at radius 3 is 0.899 bits per heavy atom. The Morgan fingerprint density at radius 1 is 0.290 bits per heavy atom. The van der Waals surface area contributed by atoms with Crippen molar-refractivity contribution < 1.29 is 28.6 Å². The lowest BCUT2D eigenvalue weighted by Gasteiger charge is -2.18. The molecule has 0 fully saturated rings. The van der Waals surface area contributed by atoms with Crippen LogP contribution in [0.25, 0.3) is 0 Å². The molecule has 0 aliphatic rings. The van der Waals surface area contributed by atoms with Crippen molar-refractivity contribution in [2.75, 3.05) is 13.2 Å². The molecule has 0 heterocycles. The van der Waals surface area contributed by atoms with Crippen molar-refractivity contribution in [2.45, 2.75) is 245 Å². The van der Waals surface area contributed by atoms with E-state index in [-0.39, 0.29) is 44.0 Å². The molecule has 0 rings (SSSR count). The smallest absolute Gasteiger partial charge is 0.306 e. The van der Waals surface area contributed by atoms with Gasteiger partial charge in [-0.1, -0.05) is 213 Å². The summed E-state index contributed by atoms with van der Waals surface area (Å²) in [5.41, 5.74) is 0. The quantitative estimate of drug-likeness (QED) is 0.0262. The Morgan fingerprint density at radius 2 is 0.536 bits per heavy atom. The van der Waals surface area contributed by atoms with E-state index >= 15 is 0 Å². The van der Waals surface area contributed by atoms with Crippen molar-refractivity contribution in [3.8, 4) is 0 Å². The van der Waals surface area contributed by atoms with Gasteiger partial charge in [-0.3, -0.25) is 14.4 Å². The Bertz CT molecular complexity index is 1470. The van der Waals surface area contributed by atoms with Gasteiger partial charge in [-0.25, -0.2) is 0 Å². The first kappa shape index (κ1) is 64.8. The fourth-order valence-electron chi connectivity index (χ4n) is 7.16. The number of esters is 3. The lowest BCUT2D eigenvalue weighted by atomic mass is 10.1. The van der Waals surface area contributed by atoms with Crippen LogP contribution in [0.15, 0.2) is 122 Å². The van der Waals surface area contributed by atoms with Gasteiger partial charge < -0.3 is 14.2 Å². The van der Waals surface area contributed by atoms with Crippen LogP contribution >= 0.6 is 0 Å². The number of unbranched alkanes of at least 4 members (excludes halogenated alkanes) is 18. The average Bonchev–Trinajstić information content (AvgIpc) is 3.35. The first-order valence-corrected chi connectivity index (χ1v) is 28.0. The van der Waals surface area contributed by atoms with Gasteiger partial charge in [-0.15, -0.1) is 0 Å². The van der Waals surface area contributed by atoms with Crippen LogP contribution < -0.4 is 0 Å². The number of hydrogen-bond donors (Lipinski definition) is 0. The Hall–Kier alpha value is -4.19. The average molecular weight is 956 g/mol. The summed E-state index contributed by atoms with van der Waals surface area (Å²) < 4.78 is 16.7. The summed E-state index contributed by atoms with van der Waals surface area (Å²) in [7, 11) is 0. The van der Waals surface area contributed by atoms with Gasteiger partial charge in [0.1, 0.15) is 13.2 Å². The molecule has 0 N–H and O–H groups in total. The molecule has 1 atom stereocenters. The zero-order valence-electron chi connectivity index (χ0n) is 44.5. The largest absolute Gasteiger partial charge is 0.462 e. The summed E-state index contributed by atoms with van der Waals surface area (Å²) in [6, 6.07) is 0. The molecule has 0 bridgehead atoms. The maximum atomic E-state index is 12.8. The Balaban J connectivity index is 4.61. The number of carbonyl (C=O) groups excluding carboxylic acids is 3. The highest BCUT2D eigenvalue weighted by Crippen LogP contribution is 2.11. The van der Waals surface area contributed by atoms with Crippen LogP contribution in [-0.4, -0.2) is 37.2 Å². The van der Waals surface area contributed by atoms with Crippen LogP contribution in [0.4, 0.5) is 0 Å². The summed E-state index contributed by atoms with van der Waals surface area (Å²) in [6.45, 7) is 6.46. The molecule has 0 spiro atoms. The van der Waals surface area contributed by atoms with Gasteiger partial charge in [0, 0.05) is 19.3 Å². The summed E-state index contributed by atoms with van der Waals surface area (Å²) in [4.78, 5) is 38.1. The van der Waals surface area contributed by atoms with E-state index in [4.69, 9.17) is 14.2 Å². The predicted octanol–water partition coefficient (Wildman–Crippen LogP) is 18.9. The number of allylic oxidation sites excluding steroid dienone is 20.